The summed E-state index contributed by atoms with van der Waals surface area (Å²) in [7, 11) is -3.51. The smallest absolute Gasteiger partial charge is 0.252 e. The number of rotatable bonds is 5. The van der Waals surface area contributed by atoms with Crippen LogP contribution in [0.5, 0.6) is 0 Å². The fraction of sp³-hybridized carbons (Fsp3) is 0.412. The van der Waals surface area contributed by atoms with Crippen molar-refractivity contribution in [3.05, 3.63) is 37.4 Å². The summed E-state index contributed by atoms with van der Waals surface area (Å²) in [5.41, 5.74) is 0. The molecule has 2 atom stereocenters. The fourth-order valence-corrected chi connectivity index (χ4v) is 6.85. The molecule has 1 amide bonds. The molecule has 4 rings (SSSR count). The van der Waals surface area contributed by atoms with Crippen molar-refractivity contribution < 1.29 is 17.6 Å². The van der Waals surface area contributed by atoms with Crippen LogP contribution in [0.1, 0.15) is 12.8 Å². The number of oxazole rings is 1. The van der Waals surface area contributed by atoms with Crippen LogP contribution in [0.3, 0.4) is 0 Å². The van der Waals surface area contributed by atoms with Crippen molar-refractivity contribution in [3.8, 4) is 10.6 Å². The molecule has 1 saturated carbocycles. The number of carbonyl (C=O) groups excluding carboxylic acids is 1. The third kappa shape index (κ3) is 3.10. The van der Waals surface area contributed by atoms with Gasteiger partial charge in [0.05, 0.1) is 11.1 Å². The first kappa shape index (κ1) is 17.4. The number of carbonyl (C=O) groups is 1. The molecule has 0 bridgehead atoms. The molecule has 2 fully saturated rings. The number of nitrogens with zero attached hydrogens (tertiary/aromatic N) is 2. The van der Waals surface area contributed by atoms with Gasteiger partial charge >= 0.3 is 0 Å². The Kier molecular flexibility index (Phi) is 4.45. The molecule has 1 aliphatic heterocycles. The number of hydrogen-bond acceptors (Lipinski definition) is 6. The second-order valence-electron chi connectivity index (χ2n) is 6.71. The van der Waals surface area contributed by atoms with Crippen molar-refractivity contribution in [3.63, 3.8) is 0 Å². The van der Waals surface area contributed by atoms with Crippen molar-refractivity contribution in [1.82, 2.24) is 14.6 Å². The molecule has 9 heteroatoms. The molecule has 0 spiro atoms. The molecule has 2 aliphatic rings. The van der Waals surface area contributed by atoms with Gasteiger partial charge in [0.2, 0.25) is 5.91 Å². The molecule has 0 radical (unpaired) electrons. The minimum absolute atomic E-state index is 0.111. The van der Waals surface area contributed by atoms with Gasteiger partial charge in [-0.3, -0.25) is 4.79 Å². The van der Waals surface area contributed by atoms with Crippen LogP contribution in [0.4, 0.5) is 0 Å². The lowest BCUT2D eigenvalue weighted by Crippen LogP contribution is -2.35. The molecule has 2 unspecified atom stereocenters. The first-order chi connectivity index (χ1) is 12.5. The summed E-state index contributed by atoms with van der Waals surface area (Å²) >= 11 is 1.19. The molecular weight excluding hydrogens is 374 g/mol. The number of fused-ring (bicyclic) bond motifs is 1. The molecule has 0 aromatic carbocycles. The van der Waals surface area contributed by atoms with E-state index in [0.717, 1.165) is 17.7 Å². The molecule has 26 heavy (non-hydrogen) atoms. The van der Waals surface area contributed by atoms with E-state index in [4.69, 9.17) is 4.42 Å². The molecule has 3 heterocycles. The minimum Gasteiger partial charge on any atom is -0.443 e. The van der Waals surface area contributed by atoms with E-state index in [-0.39, 0.29) is 23.8 Å². The van der Waals surface area contributed by atoms with E-state index in [1.165, 1.54) is 23.8 Å². The number of nitrogens with one attached hydrogen (secondary N) is 1. The van der Waals surface area contributed by atoms with Crippen LogP contribution in [0.15, 0.2) is 46.0 Å². The van der Waals surface area contributed by atoms with Gasteiger partial charge < -0.3 is 9.73 Å². The molecule has 2 aromatic heterocycles. The zero-order valence-electron chi connectivity index (χ0n) is 14.0. The zero-order valence-corrected chi connectivity index (χ0v) is 15.6. The molecule has 1 aliphatic carbocycles. The topological polar surface area (TPSA) is 92.5 Å². The van der Waals surface area contributed by atoms with Gasteiger partial charge in [-0.25, -0.2) is 13.4 Å². The lowest BCUT2D eigenvalue weighted by Gasteiger charge is -2.18. The van der Waals surface area contributed by atoms with Crippen LogP contribution in [-0.4, -0.2) is 42.7 Å². The highest BCUT2D eigenvalue weighted by Crippen LogP contribution is 2.41. The second-order valence-corrected chi connectivity index (χ2v) is 9.96. The Hall–Kier alpha value is -1.97. The van der Waals surface area contributed by atoms with Crippen LogP contribution in [0.25, 0.3) is 10.6 Å². The van der Waals surface area contributed by atoms with E-state index in [1.54, 1.807) is 22.6 Å². The average molecular weight is 393 g/mol. The molecule has 138 valence electrons. The maximum atomic E-state index is 13.0. The van der Waals surface area contributed by atoms with E-state index >= 15 is 0 Å². The predicted molar refractivity (Wildman–Crippen MR) is 96.9 cm³/mol. The first-order valence-electron chi connectivity index (χ1n) is 8.39. The molecule has 2 aromatic rings. The number of thiophene rings is 1. The summed E-state index contributed by atoms with van der Waals surface area (Å²) in [6, 6.07) is 3.48. The van der Waals surface area contributed by atoms with Gasteiger partial charge in [0, 0.05) is 19.1 Å². The van der Waals surface area contributed by atoms with Gasteiger partial charge in [0.25, 0.3) is 10.0 Å². The largest absolute Gasteiger partial charge is 0.443 e. The Balaban J connectivity index is 1.45. The lowest BCUT2D eigenvalue weighted by molar-refractivity contribution is -0.117. The Labute approximate surface area is 155 Å². The van der Waals surface area contributed by atoms with Crippen LogP contribution < -0.4 is 5.32 Å². The van der Waals surface area contributed by atoms with Gasteiger partial charge in [-0.2, -0.15) is 4.31 Å². The van der Waals surface area contributed by atoms with Crippen molar-refractivity contribution in [2.45, 2.75) is 23.1 Å². The number of sulfonamides is 1. The third-order valence-electron chi connectivity index (χ3n) is 5.10. The summed E-state index contributed by atoms with van der Waals surface area (Å²) in [5.74, 6) is 0.968. The van der Waals surface area contributed by atoms with E-state index in [1.807, 2.05) is 0 Å². The van der Waals surface area contributed by atoms with Crippen molar-refractivity contribution in [2.24, 2.45) is 11.8 Å². The van der Waals surface area contributed by atoms with Gasteiger partial charge in [0.1, 0.15) is 4.21 Å². The highest BCUT2D eigenvalue weighted by Gasteiger charge is 2.45. The predicted octanol–water partition coefficient (Wildman–Crippen LogP) is 2.10. The van der Waals surface area contributed by atoms with E-state index < -0.39 is 10.0 Å². The maximum absolute atomic E-state index is 13.0. The van der Waals surface area contributed by atoms with Gasteiger partial charge in [-0.1, -0.05) is 6.58 Å². The monoisotopic (exact) mass is 393 g/mol. The van der Waals surface area contributed by atoms with Crippen molar-refractivity contribution in [2.75, 3.05) is 13.1 Å². The highest BCUT2D eigenvalue weighted by atomic mass is 32.2. The van der Waals surface area contributed by atoms with Crippen LogP contribution in [0.2, 0.25) is 0 Å². The minimum atomic E-state index is -3.51. The molecule has 7 nitrogen and oxygen atoms in total. The van der Waals surface area contributed by atoms with Gasteiger partial charge in [-0.15, -0.1) is 11.3 Å². The number of amides is 1. The Morgan fingerprint density at radius 1 is 1.35 bits per heavy atom. The lowest BCUT2D eigenvalue weighted by atomic mass is 10.0. The van der Waals surface area contributed by atoms with Crippen molar-refractivity contribution in [1.29, 1.82) is 0 Å². The summed E-state index contributed by atoms with van der Waals surface area (Å²) in [4.78, 5) is 16.1. The third-order valence-corrected chi connectivity index (χ3v) is 8.50. The SMILES string of the molecule is C=CC(=O)NC1CC2CN(S(=O)(=O)c3ccc(-c4cnco4)s3)CC2C1. The first-order valence-corrected chi connectivity index (χ1v) is 10.6. The normalized spacial score (nSPS) is 25.9. The van der Waals surface area contributed by atoms with Crippen molar-refractivity contribution >= 4 is 27.3 Å². The highest BCUT2D eigenvalue weighted by molar-refractivity contribution is 7.91. The fourth-order valence-electron chi connectivity index (χ4n) is 3.89. The summed E-state index contributed by atoms with van der Waals surface area (Å²) in [6.45, 7) is 4.47. The second kappa shape index (κ2) is 6.64. The standard InChI is InChI=1S/C17H19N3O4S2/c1-2-16(21)19-13-5-11-8-20(9-12(11)6-13)26(22,23)17-4-3-15(25-17)14-7-18-10-24-14/h2-4,7,10-13H,1,5-6,8-9H2,(H,19,21). The van der Waals surface area contributed by atoms with E-state index in [2.05, 4.69) is 16.9 Å². The molecular formula is C17H19N3O4S2. The summed E-state index contributed by atoms with van der Waals surface area (Å²) in [6.07, 6.45) is 5.79. The maximum Gasteiger partial charge on any atom is 0.252 e. The van der Waals surface area contributed by atoms with Gasteiger partial charge in [-0.05, 0) is 42.9 Å². The Bertz CT molecular complexity index is 906. The molecule has 1 N–H and O–H groups in total. The Morgan fingerprint density at radius 2 is 2.08 bits per heavy atom. The summed E-state index contributed by atoms with van der Waals surface area (Å²) < 4.78 is 33.0. The van der Waals surface area contributed by atoms with Gasteiger partial charge in [0.15, 0.2) is 12.2 Å². The van der Waals surface area contributed by atoms with E-state index in [9.17, 15) is 13.2 Å². The average Bonchev–Trinajstić information content (AvgIpc) is 3.35. The molecule has 1 saturated heterocycles. The Morgan fingerprint density at radius 3 is 2.69 bits per heavy atom. The summed E-state index contributed by atoms with van der Waals surface area (Å²) in [5, 5.41) is 2.92. The van der Waals surface area contributed by atoms with E-state index in [0.29, 0.717) is 23.1 Å². The van der Waals surface area contributed by atoms with Crippen LogP contribution >= 0.6 is 11.3 Å². The number of aromatic nitrogens is 1. The van der Waals surface area contributed by atoms with Crippen LogP contribution in [0, 0.1) is 11.8 Å². The van der Waals surface area contributed by atoms with Crippen LogP contribution in [-0.2, 0) is 14.8 Å². The number of hydrogen-bond donors (Lipinski definition) is 1. The quantitative estimate of drug-likeness (QED) is 0.786. The zero-order chi connectivity index (χ0) is 18.3.